The molecule has 0 spiro atoms. The smallest absolute Gasteiger partial charge is 0.178 e. The number of amidine groups is 1. The van der Waals surface area contributed by atoms with Crippen LogP contribution in [0.15, 0.2) is 70.4 Å². The summed E-state index contributed by atoms with van der Waals surface area (Å²) in [5, 5.41) is 11.2. The van der Waals surface area contributed by atoms with Gasteiger partial charge in [-0.2, -0.15) is 5.10 Å². The van der Waals surface area contributed by atoms with Crippen LogP contribution in [0.1, 0.15) is 16.7 Å². The Hall–Kier alpha value is -2.35. The molecular weight excluding hydrogens is 416 g/mol. The molecule has 0 amide bonds. The molecule has 8 heteroatoms. The molecule has 1 aromatic heterocycles. The summed E-state index contributed by atoms with van der Waals surface area (Å²) in [7, 11) is 0. The second-order valence-corrected chi connectivity index (χ2v) is 7.14. The number of aromatic nitrogens is 2. The van der Waals surface area contributed by atoms with Crippen molar-refractivity contribution in [1.82, 2.24) is 25.9 Å². The lowest BCUT2D eigenvalue weighted by Gasteiger charge is -2.18. The lowest BCUT2D eigenvalue weighted by atomic mass is 10.2. The molecular formula is C18H16BrClN6. The van der Waals surface area contributed by atoms with Gasteiger partial charge >= 0.3 is 0 Å². The molecule has 0 bridgehead atoms. The number of nitrogens with one attached hydrogen (secondary N) is 2. The van der Waals surface area contributed by atoms with Crippen molar-refractivity contribution in [3.63, 3.8) is 0 Å². The molecule has 0 fully saturated rings. The van der Waals surface area contributed by atoms with Crippen LogP contribution in [0.5, 0.6) is 0 Å². The number of hydrazone groups is 1. The van der Waals surface area contributed by atoms with Crippen LogP contribution in [-0.2, 0) is 13.1 Å². The lowest BCUT2D eigenvalue weighted by Crippen LogP contribution is -2.40. The Morgan fingerprint density at radius 3 is 2.46 bits per heavy atom. The second-order valence-electron chi connectivity index (χ2n) is 5.86. The third-order valence-corrected chi connectivity index (χ3v) is 4.97. The monoisotopic (exact) mass is 430 g/mol. The van der Waals surface area contributed by atoms with Gasteiger partial charge in [-0.05, 0) is 23.3 Å². The highest BCUT2D eigenvalue weighted by Gasteiger charge is 2.24. The molecule has 26 heavy (non-hydrogen) atoms. The molecule has 0 atom stereocenters. The number of halogens is 2. The predicted octanol–water partition coefficient (Wildman–Crippen LogP) is 3.53. The van der Waals surface area contributed by atoms with Crippen molar-refractivity contribution in [3.05, 3.63) is 87.1 Å². The van der Waals surface area contributed by atoms with E-state index < -0.39 is 0 Å². The van der Waals surface area contributed by atoms with E-state index in [0.717, 1.165) is 21.2 Å². The highest BCUT2D eigenvalue weighted by molar-refractivity contribution is 9.10. The predicted molar refractivity (Wildman–Crippen MR) is 105 cm³/mol. The number of hydrogen-bond donors (Lipinski definition) is 2. The molecule has 3 aromatic rings. The molecule has 0 saturated heterocycles. The number of benzene rings is 2. The van der Waals surface area contributed by atoms with E-state index in [1.807, 2.05) is 47.5 Å². The third-order valence-electron chi connectivity index (χ3n) is 4.05. The molecule has 0 saturated carbocycles. The zero-order valence-corrected chi connectivity index (χ0v) is 16.1. The van der Waals surface area contributed by atoms with Crippen LogP contribution < -0.4 is 11.1 Å². The van der Waals surface area contributed by atoms with Gasteiger partial charge in [0.05, 0.1) is 24.8 Å². The van der Waals surface area contributed by atoms with Crippen molar-refractivity contribution >= 4 is 33.4 Å². The highest BCUT2D eigenvalue weighted by atomic mass is 79.9. The van der Waals surface area contributed by atoms with Crippen LogP contribution >= 0.6 is 27.5 Å². The average Bonchev–Trinajstić information content (AvgIpc) is 3.25. The summed E-state index contributed by atoms with van der Waals surface area (Å²) >= 11 is 10.0. The maximum absolute atomic E-state index is 6.57. The van der Waals surface area contributed by atoms with E-state index in [4.69, 9.17) is 11.6 Å². The Morgan fingerprint density at radius 2 is 1.69 bits per heavy atom. The molecule has 0 radical (unpaired) electrons. The van der Waals surface area contributed by atoms with E-state index in [1.165, 1.54) is 0 Å². The molecule has 0 aliphatic carbocycles. The van der Waals surface area contributed by atoms with Gasteiger partial charge in [-0.25, -0.2) is 10.2 Å². The fourth-order valence-corrected chi connectivity index (χ4v) is 3.23. The van der Waals surface area contributed by atoms with Crippen LogP contribution in [0.3, 0.4) is 0 Å². The molecule has 2 aromatic carbocycles. The van der Waals surface area contributed by atoms with E-state index in [0.29, 0.717) is 24.1 Å². The van der Waals surface area contributed by atoms with E-state index in [1.54, 1.807) is 10.9 Å². The zero-order chi connectivity index (χ0) is 17.9. The van der Waals surface area contributed by atoms with Gasteiger partial charge in [0.25, 0.3) is 0 Å². The largest absolute Gasteiger partial charge is 0.266 e. The molecule has 1 aliphatic heterocycles. The molecule has 4 rings (SSSR count). The topological polar surface area (TPSA) is 57.5 Å². The molecule has 6 nitrogen and oxygen atoms in total. The summed E-state index contributed by atoms with van der Waals surface area (Å²) in [6.07, 6.45) is 1.74. The Bertz CT molecular complexity index is 923. The number of nitrogens with zero attached hydrogens (tertiary/aromatic N) is 4. The minimum Gasteiger partial charge on any atom is -0.266 e. The number of hydrogen-bond acceptors (Lipinski definition) is 5. The average molecular weight is 432 g/mol. The fourth-order valence-electron chi connectivity index (χ4n) is 2.73. The number of hydrazine groups is 2. The van der Waals surface area contributed by atoms with E-state index in [2.05, 4.69) is 49.3 Å². The number of rotatable bonds is 5. The Kier molecular flexibility index (Phi) is 4.92. The van der Waals surface area contributed by atoms with Crippen molar-refractivity contribution in [3.8, 4) is 0 Å². The van der Waals surface area contributed by atoms with Crippen molar-refractivity contribution in [1.29, 1.82) is 0 Å². The summed E-state index contributed by atoms with van der Waals surface area (Å²) in [5.41, 5.74) is 8.88. The normalized spacial score (nSPS) is 13.6. The van der Waals surface area contributed by atoms with Gasteiger partial charge in [-0.15, -0.1) is 10.6 Å². The standard InChI is InChI=1S/C18H16BrClN6/c19-15-8-6-14(7-9-15)12-26-18(22-23-24-26)16-10-21-25(17(16)20)11-13-4-2-1-3-5-13/h1-10,23-24H,11-12H2. The summed E-state index contributed by atoms with van der Waals surface area (Å²) in [6, 6.07) is 18.2. The molecule has 132 valence electrons. The van der Waals surface area contributed by atoms with E-state index in [9.17, 15) is 0 Å². The van der Waals surface area contributed by atoms with Gasteiger partial charge in [0.2, 0.25) is 0 Å². The van der Waals surface area contributed by atoms with Crippen LogP contribution in [0.2, 0.25) is 5.15 Å². The first-order chi connectivity index (χ1) is 12.7. The van der Waals surface area contributed by atoms with Crippen molar-refractivity contribution < 1.29 is 0 Å². The zero-order valence-electron chi connectivity index (χ0n) is 13.7. The first kappa shape index (κ1) is 17.1. The second kappa shape index (κ2) is 7.49. The minimum absolute atomic E-state index is 0.555. The van der Waals surface area contributed by atoms with Crippen LogP contribution in [-0.4, -0.2) is 20.6 Å². The fraction of sp³-hybridized carbons (Fsp3) is 0.111. The van der Waals surface area contributed by atoms with Crippen molar-refractivity contribution in [2.24, 2.45) is 5.10 Å². The van der Waals surface area contributed by atoms with Crippen LogP contribution in [0.25, 0.3) is 0 Å². The highest BCUT2D eigenvalue weighted by Crippen LogP contribution is 2.21. The van der Waals surface area contributed by atoms with Gasteiger partial charge in [0.15, 0.2) is 5.84 Å². The third kappa shape index (κ3) is 3.60. The van der Waals surface area contributed by atoms with Crippen molar-refractivity contribution in [2.45, 2.75) is 13.1 Å². The first-order valence-corrected chi connectivity index (χ1v) is 9.24. The summed E-state index contributed by atoms with van der Waals surface area (Å²) in [4.78, 5) is 0. The van der Waals surface area contributed by atoms with Crippen molar-refractivity contribution in [2.75, 3.05) is 0 Å². The maximum atomic E-state index is 6.57. The van der Waals surface area contributed by atoms with Gasteiger partial charge in [-0.1, -0.05) is 70.0 Å². The Morgan fingerprint density at radius 1 is 0.962 bits per heavy atom. The minimum atomic E-state index is 0.555. The molecule has 1 aliphatic rings. The van der Waals surface area contributed by atoms with E-state index >= 15 is 0 Å². The SMILES string of the molecule is Clc1c(C2=NNNN2Cc2ccc(Br)cc2)cnn1Cc1ccccc1. The maximum Gasteiger partial charge on any atom is 0.178 e. The first-order valence-electron chi connectivity index (χ1n) is 8.06. The quantitative estimate of drug-likeness (QED) is 0.649. The molecule has 2 N–H and O–H groups in total. The lowest BCUT2D eigenvalue weighted by molar-refractivity contribution is 0.288. The van der Waals surface area contributed by atoms with Crippen LogP contribution in [0, 0.1) is 0 Å². The van der Waals surface area contributed by atoms with Crippen LogP contribution in [0.4, 0.5) is 0 Å². The van der Waals surface area contributed by atoms with Gasteiger partial charge < -0.3 is 0 Å². The summed E-state index contributed by atoms with van der Waals surface area (Å²) in [5.74, 6) is 0.706. The molecule has 2 heterocycles. The Labute approximate surface area is 164 Å². The molecule has 0 unspecified atom stereocenters. The van der Waals surface area contributed by atoms with Gasteiger partial charge in [0.1, 0.15) is 5.15 Å². The summed E-state index contributed by atoms with van der Waals surface area (Å²) < 4.78 is 2.82. The summed E-state index contributed by atoms with van der Waals surface area (Å²) in [6.45, 7) is 1.25. The Balaban J connectivity index is 1.54. The van der Waals surface area contributed by atoms with Gasteiger partial charge in [-0.3, -0.25) is 5.01 Å². The van der Waals surface area contributed by atoms with Gasteiger partial charge in [0, 0.05) is 4.47 Å². The van der Waals surface area contributed by atoms with E-state index in [-0.39, 0.29) is 0 Å².